The summed E-state index contributed by atoms with van der Waals surface area (Å²) in [6.45, 7) is 1.30. The molecule has 2 aromatic rings. The van der Waals surface area contributed by atoms with E-state index in [0.29, 0.717) is 18.7 Å². The van der Waals surface area contributed by atoms with Gasteiger partial charge in [-0.3, -0.25) is 0 Å². The monoisotopic (exact) mass is 333 g/mol. The summed E-state index contributed by atoms with van der Waals surface area (Å²) >= 11 is 0. The molecule has 1 saturated heterocycles. The number of carbonyl (C=O) groups excluding carboxylic acids is 1. The molecule has 0 spiro atoms. The number of hydrogen-bond acceptors (Lipinski definition) is 4. The Kier molecular flexibility index (Phi) is 4.76. The molecule has 0 bridgehead atoms. The number of benzene rings is 2. The molecule has 0 aromatic heterocycles. The molecule has 6 heteroatoms. The molecular formula is C18H17F2NO3. The highest BCUT2D eigenvalue weighted by Gasteiger charge is 2.20. The van der Waals surface area contributed by atoms with E-state index >= 15 is 0 Å². The van der Waals surface area contributed by atoms with Crippen LogP contribution in [0.2, 0.25) is 0 Å². The molecule has 0 unspecified atom stereocenters. The molecule has 3 rings (SSSR count). The summed E-state index contributed by atoms with van der Waals surface area (Å²) in [6.07, 6.45) is 2.98. The normalized spacial score (nSPS) is 15.2. The SMILES string of the molecule is O=C(ON1CCCCC1)c1cc(-c2ccc(F)cc2F)ccc1O. The van der Waals surface area contributed by atoms with Crippen LogP contribution in [0.4, 0.5) is 8.78 Å². The Labute approximate surface area is 138 Å². The molecule has 0 saturated carbocycles. The highest BCUT2D eigenvalue weighted by Crippen LogP contribution is 2.29. The van der Waals surface area contributed by atoms with E-state index < -0.39 is 17.6 Å². The lowest BCUT2D eigenvalue weighted by Crippen LogP contribution is -2.32. The van der Waals surface area contributed by atoms with Crippen molar-refractivity contribution in [3.05, 3.63) is 53.6 Å². The number of aromatic hydroxyl groups is 1. The van der Waals surface area contributed by atoms with Gasteiger partial charge in [-0.25, -0.2) is 13.6 Å². The van der Waals surface area contributed by atoms with Crippen LogP contribution in [0.3, 0.4) is 0 Å². The predicted molar refractivity (Wildman–Crippen MR) is 84.3 cm³/mol. The topological polar surface area (TPSA) is 49.8 Å². The Morgan fingerprint density at radius 1 is 1.04 bits per heavy atom. The van der Waals surface area contributed by atoms with E-state index in [4.69, 9.17) is 4.84 Å². The molecule has 1 fully saturated rings. The largest absolute Gasteiger partial charge is 0.507 e. The van der Waals surface area contributed by atoms with Gasteiger partial charge >= 0.3 is 5.97 Å². The number of halogens is 2. The first kappa shape index (κ1) is 16.4. The van der Waals surface area contributed by atoms with Gasteiger partial charge in [0.1, 0.15) is 22.9 Å². The summed E-state index contributed by atoms with van der Waals surface area (Å²) in [5.74, 6) is -2.36. The number of nitrogens with zero attached hydrogens (tertiary/aromatic N) is 1. The molecule has 1 aliphatic rings. The van der Waals surface area contributed by atoms with Crippen LogP contribution in [0.25, 0.3) is 11.1 Å². The van der Waals surface area contributed by atoms with Gasteiger partial charge in [-0.2, -0.15) is 0 Å². The zero-order valence-electron chi connectivity index (χ0n) is 13.0. The maximum Gasteiger partial charge on any atom is 0.360 e. The fraction of sp³-hybridized carbons (Fsp3) is 0.278. The van der Waals surface area contributed by atoms with Gasteiger partial charge in [-0.15, -0.1) is 5.06 Å². The smallest absolute Gasteiger partial charge is 0.360 e. The molecule has 0 atom stereocenters. The first-order valence-electron chi connectivity index (χ1n) is 7.80. The third-order valence-electron chi connectivity index (χ3n) is 3.99. The van der Waals surface area contributed by atoms with E-state index in [1.165, 1.54) is 24.3 Å². The Morgan fingerprint density at radius 3 is 2.50 bits per heavy atom. The van der Waals surface area contributed by atoms with E-state index in [9.17, 15) is 18.7 Å². The van der Waals surface area contributed by atoms with Crippen LogP contribution in [0, 0.1) is 11.6 Å². The lowest BCUT2D eigenvalue weighted by molar-refractivity contribution is -0.119. The predicted octanol–water partition coefficient (Wildman–Crippen LogP) is 3.90. The van der Waals surface area contributed by atoms with Crippen LogP contribution in [0.15, 0.2) is 36.4 Å². The highest BCUT2D eigenvalue weighted by molar-refractivity contribution is 5.94. The molecule has 0 amide bonds. The van der Waals surface area contributed by atoms with Crippen LogP contribution < -0.4 is 0 Å². The van der Waals surface area contributed by atoms with Crippen LogP contribution in [-0.2, 0) is 4.84 Å². The number of phenols is 1. The van der Waals surface area contributed by atoms with Gasteiger partial charge in [-0.1, -0.05) is 12.5 Å². The van der Waals surface area contributed by atoms with Crippen molar-refractivity contribution < 1.29 is 23.5 Å². The zero-order chi connectivity index (χ0) is 17.1. The van der Waals surface area contributed by atoms with Crippen molar-refractivity contribution in [2.24, 2.45) is 0 Å². The fourth-order valence-corrected chi connectivity index (χ4v) is 2.71. The number of carbonyl (C=O) groups is 1. The third-order valence-corrected chi connectivity index (χ3v) is 3.99. The van der Waals surface area contributed by atoms with Crippen LogP contribution >= 0.6 is 0 Å². The van der Waals surface area contributed by atoms with Gasteiger partial charge in [0.25, 0.3) is 0 Å². The maximum atomic E-state index is 13.9. The second kappa shape index (κ2) is 6.97. The van der Waals surface area contributed by atoms with Crippen molar-refractivity contribution in [1.29, 1.82) is 0 Å². The van der Waals surface area contributed by atoms with Crippen molar-refractivity contribution >= 4 is 5.97 Å². The minimum Gasteiger partial charge on any atom is -0.507 e. The molecule has 1 N–H and O–H groups in total. The van der Waals surface area contributed by atoms with E-state index in [-0.39, 0.29) is 16.9 Å². The minimum atomic E-state index is -0.740. The van der Waals surface area contributed by atoms with Crippen molar-refractivity contribution in [2.45, 2.75) is 19.3 Å². The molecule has 1 heterocycles. The lowest BCUT2D eigenvalue weighted by Gasteiger charge is -2.24. The quantitative estimate of drug-likeness (QED) is 0.926. The summed E-state index contributed by atoms with van der Waals surface area (Å²) in [6, 6.07) is 7.30. The third kappa shape index (κ3) is 3.54. The van der Waals surface area contributed by atoms with Crippen LogP contribution in [0.5, 0.6) is 5.75 Å². The summed E-state index contributed by atoms with van der Waals surface area (Å²) in [4.78, 5) is 17.6. The van der Waals surface area contributed by atoms with Crippen LogP contribution in [-0.4, -0.2) is 29.2 Å². The first-order valence-corrected chi connectivity index (χ1v) is 7.80. The van der Waals surface area contributed by atoms with Gasteiger partial charge < -0.3 is 9.94 Å². The molecule has 0 aliphatic carbocycles. The summed E-state index contributed by atoms with van der Waals surface area (Å²) in [5.41, 5.74) is 0.445. The number of hydroxylamine groups is 2. The highest BCUT2D eigenvalue weighted by atomic mass is 19.1. The molecule has 0 radical (unpaired) electrons. The van der Waals surface area contributed by atoms with Gasteiger partial charge in [0.15, 0.2) is 0 Å². The fourth-order valence-electron chi connectivity index (χ4n) is 2.71. The molecule has 2 aromatic carbocycles. The molecule has 126 valence electrons. The first-order chi connectivity index (χ1) is 11.5. The van der Waals surface area contributed by atoms with E-state index in [0.717, 1.165) is 31.4 Å². The van der Waals surface area contributed by atoms with Crippen molar-refractivity contribution in [3.8, 4) is 16.9 Å². The van der Waals surface area contributed by atoms with Crippen molar-refractivity contribution in [3.63, 3.8) is 0 Å². The van der Waals surface area contributed by atoms with Gasteiger partial charge in [-0.05, 0) is 42.7 Å². The second-order valence-electron chi connectivity index (χ2n) is 5.72. The van der Waals surface area contributed by atoms with Crippen molar-refractivity contribution in [1.82, 2.24) is 5.06 Å². The number of hydrogen-bond donors (Lipinski definition) is 1. The minimum absolute atomic E-state index is 0.0539. The van der Waals surface area contributed by atoms with E-state index in [1.54, 1.807) is 5.06 Å². The Balaban J connectivity index is 1.86. The average Bonchev–Trinajstić information content (AvgIpc) is 2.56. The summed E-state index contributed by atoms with van der Waals surface area (Å²) < 4.78 is 27.0. The maximum absolute atomic E-state index is 13.9. The summed E-state index contributed by atoms with van der Waals surface area (Å²) in [7, 11) is 0. The summed E-state index contributed by atoms with van der Waals surface area (Å²) in [5, 5.41) is 11.5. The molecule has 24 heavy (non-hydrogen) atoms. The van der Waals surface area contributed by atoms with Gasteiger partial charge in [0.2, 0.25) is 0 Å². The average molecular weight is 333 g/mol. The number of rotatable bonds is 3. The van der Waals surface area contributed by atoms with E-state index in [1.807, 2.05) is 0 Å². The Bertz CT molecular complexity index is 758. The second-order valence-corrected chi connectivity index (χ2v) is 5.72. The van der Waals surface area contributed by atoms with Crippen molar-refractivity contribution in [2.75, 3.05) is 13.1 Å². The molecule has 1 aliphatic heterocycles. The van der Waals surface area contributed by atoms with Gasteiger partial charge in [0.05, 0.1) is 0 Å². The molecule has 4 nitrogen and oxygen atoms in total. The number of phenolic OH excluding ortho intramolecular Hbond substituents is 1. The Morgan fingerprint density at radius 2 is 1.79 bits per heavy atom. The molecular weight excluding hydrogens is 316 g/mol. The van der Waals surface area contributed by atoms with Crippen LogP contribution in [0.1, 0.15) is 29.6 Å². The van der Waals surface area contributed by atoms with Gasteiger partial charge in [0, 0.05) is 24.7 Å². The zero-order valence-corrected chi connectivity index (χ0v) is 13.0. The standard InChI is InChI=1S/C18H17F2NO3/c19-13-5-6-14(16(20)11-13)12-4-7-17(22)15(10-12)18(23)24-21-8-2-1-3-9-21/h4-7,10-11,22H,1-3,8-9H2. The van der Waals surface area contributed by atoms with E-state index in [2.05, 4.69) is 0 Å². The Hall–Kier alpha value is -2.47. The lowest BCUT2D eigenvalue weighted by atomic mass is 10.0. The number of piperidine rings is 1.